The van der Waals surface area contributed by atoms with Crippen molar-refractivity contribution in [2.75, 3.05) is 13.2 Å². The number of nitrogens with zero attached hydrogens (tertiary/aromatic N) is 5. The minimum Gasteiger partial charge on any atom is -0.493 e. The van der Waals surface area contributed by atoms with E-state index in [1.807, 2.05) is 18.2 Å². The Hall–Kier alpha value is -5.39. The van der Waals surface area contributed by atoms with Crippen molar-refractivity contribution in [2.24, 2.45) is 5.11 Å². The second-order valence-electron chi connectivity index (χ2n) is 11.7. The van der Waals surface area contributed by atoms with E-state index < -0.39 is 0 Å². The van der Waals surface area contributed by atoms with Gasteiger partial charge in [0.1, 0.15) is 11.5 Å². The molecule has 7 rings (SSSR count). The lowest BCUT2D eigenvalue weighted by molar-refractivity contribution is 0.289. The van der Waals surface area contributed by atoms with Crippen LogP contribution in [0.1, 0.15) is 31.2 Å². The SMILES string of the molecule is [N-]=[N+]=NCc1cc(OCCCCn2c3ccccc3c3ccccc32)cc(OCCCCn2c3ccccc3c3ccccc32)c1. The van der Waals surface area contributed by atoms with Crippen molar-refractivity contribution in [1.29, 1.82) is 0 Å². The van der Waals surface area contributed by atoms with E-state index in [1.165, 1.54) is 43.6 Å². The largest absolute Gasteiger partial charge is 0.493 e. The first-order valence-corrected chi connectivity index (χ1v) is 16.1. The van der Waals surface area contributed by atoms with E-state index in [2.05, 4.69) is 116 Å². The van der Waals surface area contributed by atoms with Crippen LogP contribution in [0.5, 0.6) is 11.5 Å². The number of unbranched alkanes of at least 4 members (excludes halogenated alkanes) is 2. The topological polar surface area (TPSA) is 77.1 Å². The lowest BCUT2D eigenvalue weighted by Gasteiger charge is -2.13. The van der Waals surface area contributed by atoms with Crippen molar-refractivity contribution in [1.82, 2.24) is 9.13 Å². The van der Waals surface area contributed by atoms with Crippen LogP contribution in [-0.4, -0.2) is 22.3 Å². The molecule has 0 aliphatic carbocycles. The van der Waals surface area contributed by atoms with E-state index in [9.17, 15) is 0 Å². The summed E-state index contributed by atoms with van der Waals surface area (Å²) in [6.07, 6.45) is 3.83. The average Bonchev–Trinajstić information content (AvgIpc) is 3.60. The van der Waals surface area contributed by atoms with Gasteiger partial charge in [0.15, 0.2) is 0 Å². The predicted molar refractivity (Wildman–Crippen MR) is 188 cm³/mol. The summed E-state index contributed by atoms with van der Waals surface area (Å²) in [5, 5.41) is 8.95. The first kappa shape index (κ1) is 29.3. The average molecular weight is 608 g/mol. The molecule has 2 aromatic heterocycles. The number of hydrogen-bond acceptors (Lipinski definition) is 3. The van der Waals surface area contributed by atoms with Crippen LogP contribution >= 0.6 is 0 Å². The van der Waals surface area contributed by atoms with Crippen molar-refractivity contribution in [3.05, 3.63) is 131 Å². The van der Waals surface area contributed by atoms with Crippen LogP contribution in [0.2, 0.25) is 0 Å². The van der Waals surface area contributed by atoms with Gasteiger partial charge in [0, 0.05) is 67.7 Å². The molecule has 0 N–H and O–H groups in total. The Morgan fingerprint density at radius 1 is 0.522 bits per heavy atom. The van der Waals surface area contributed by atoms with Gasteiger partial charge in [-0.2, -0.15) is 0 Å². The van der Waals surface area contributed by atoms with Gasteiger partial charge in [-0.05, 0) is 73.2 Å². The Bertz CT molecular complexity index is 1920. The maximum atomic E-state index is 8.88. The third-order valence-electron chi connectivity index (χ3n) is 8.71. The number of aryl methyl sites for hydroxylation is 2. The maximum absolute atomic E-state index is 8.88. The van der Waals surface area contributed by atoms with E-state index in [1.54, 1.807) is 0 Å². The van der Waals surface area contributed by atoms with Crippen molar-refractivity contribution < 1.29 is 9.47 Å². The first-order chi connectivity index (χ1) is 22.8. The molecule has 2 heterocycles. The molecule has 5 aromatic carbocycles. The van der Waals surface area contributed by atoms with E-state index >= 15 is 0 Å². The number of hydrogen-bond donors (Lipinski definition) is 0. The second-order valence-corrected chi connectivity index (χ2v) is 11.7. The van der Waals surface area contributed by atoms with E-state index in [-0.39, 0.29) is 6.54 Å². The van der Waals surface area contributed by atoms with Gasteiger partial charge >= 0.3 is 0 Å². The van der Waals surface area contributed by atoms with Crippen molar-refractivity contribution in [3.63, 3.8) is 0 Å². The molecule has 0 saturated heterocycles. The summed E-state index contributed by atoms with van der Waals surface area (Å²) < 4.78 is 17.2. The molecule has 0 spiro atoms. The fraction of sp³-hybridized carbons (Fsp3) is 0.231. The molecule has 0 aliphatic rings. The number of azide groups is 1. The molecule has 0 bridgehead atoms. The van der Waals surface area contributed by atoms with Crippen LogP contribution < -0.4 is 9.47 Å². The Morgan fingerprint density at radius 3 is 1.30 bits per heavy atom. The number of aromatic nitrogens is 2. The quantitative estimate of drug-likeness (QED) is 0.0534. The molecular formula is C39H37N5O2. The van der Waals surface area contributed by atoms with Crippen LogP contribution in [-0.2, 0) is 19.6 Å². The van der Waals surface area contributed by atoms with E-state index in [4.69, 9.17) is 15.0 Å². The van der Waals surface area contributed by atoms with E-state index in [0.717, 1.165) is 55.8 Å². The summed E-state index contributed by atoms with van der Waals surface area (Å²) in [6, 6.07) is 40.3. The van der Waals surface area contributed by atoms with Crippen molar-refractivity contribution in [2.45, 2.75) is 45.3 Å². The number of fused-ring (bicyclic) bond motifs is 6. The highest BCUT2D eigenvalue weighted by atomic mass is 16.5. The van der Waals surface area contributed by atoms with Gasteiger partial charge in [-0.25, -0.2) is 0 Å². The minimum atomic E-state index is 0.256. The summed E-state index contributed by atoms with van der Waals surface area (Å²) in [7, 11) is 0. The fourth-order valence-electron chi connectivity index (χ4n) is 6.61. The van der Waals surface area contributed by atoms with Gasteiger partial charge in [-0.3, -0.25) is 0 Å². The summed E-state index contributed by atoms with van der Waals surface area (Å²) in [5.41, 5.74) is 14.8. The van der Waals surface area contributed by atoms with Gasteiger partial charge in [0.25, 0.3) is 0 Å². The molecule has 0 aliphatic heterocycles. The lowest BCUT2D eigenvalue weighted by Crippen LogP contribution is -2.04. The Balaban J connectivity index is 0.944. The lowest BCUT2D eigenvalue weighted by atomic mass is 10.2. The van der Waals surface area contributed by atoms with Gasteiger partial charge < -0.3 is 18.6 Å². The minimum absolute atomic E-state index is 0.256. The summed E-state index contributed by atoms with van der Waals surface area (Å²) in [6.45, 7) is 3.31. The van der Waals surface area contributed by atoms with Crippen molar-refractivity contribution in [3.8, 4) is 11.5 Å². The van der Waals surface area contributed by atoms with Gasteiger partial charge in [-0.1, -0.05) is 77.9 Å². The van der Waals surface area contributed by atoms with Gasteiger partial charge in [0.2, 0.25) is 0 Å². The highest BCUT2D eigenvalue weighted by molar-refractivity contribution is 6.08. The molecule has 230 valence electrons. The highest BCUT2D eigenvalue weighted by Gasteiger charge is 2.11. The van der Waals surface area contributed by atoms with Crippen molar-refractivity contribution >= 4 is 43.6 Å². The van der Waals surface area contributed by atoms with Crippen LogP contribution in [0.3, 0.4) is 0 Å². The number of rotatable bonds is 14. The molecule has 46 heavy (non-hydrogen) atoms. The monoisotopic (exact) mass is 607 g/mol. The first-order valence-electron chi connectivity index (χ1n) is 16.1. The maximum Gasteiger partial charge on any atom is 0.123 e. The second kappa shape index (κ2) is 13.7. The van der Waals surface area contributed by atoms with Gasteiger partial charge in [-0.15, -0.1) is 0 Å². The van der Waals surface area contributed by atoms with Crippen LogP contribution in [0.25, 0.3) is 54.1 Å². The number of benzene rings is 5. The molecule has 0 fully saturated rings. The Labute approximate surface area is 268 Å². The van der Waals surface area contributed by atoms with Crippen LogP contribution in [0.4, 0.5) is 0 Å². The molecule has 7 nitrogen and oxygen atoms in total. The standard InChI is InChI=1S/C39H37N5O2/c40-42-41-28-29-25-30(45-23-11-9-21-43-36-17-5-1-13-32(36)33-14-2-6-18-37(33)43)27-31(26-29)46-24-12-10-22-44-38-19-7-3-15-34(38)35-16-4-8-20-39(35)44/h1-8,13-20,25-27H,9-12,21-24,28H2. The van der Waals surface area contributed by atoms with Gasteiger partial charge in [0.05, 0.1) is 19.8 Å². The third-order valence-corrected chi connectivity index (χ3v) is 8.71. The number of ether oxygens (including phenoxy) is 2. The fourth-order valence-corrected chi connectivity index (χ4v) is 6.61. The molecule has 7 aromatic rings. The zero-order valence-corrected chi connectivity index (χ0v) is 25.9. The normalized spacial score (nSPS) is 11.4. The van der Waals surface area contributed by atoms with Crippen LogP contribution in [0, 0.1) is 0 Å². The molecule has 0 atom stereocenters. The smallest absolute Gasteiger partial charge is 0.123 e. The zero-order valence-electron chi connectivity index (χ0n) is 25.9. The highest BCUT2D eigenvalue weighted by Crippen LogP contribution is 2.31. The molecule has 0 radical (unpaired) electrons. The zero-order chi connectivity index (χ0) is 31.1. The molecular weight excluding hydrogens is 570 g/mol. The molecule has 0 amide bonds. The van der Waals surface area contributed by atoms with E-state index in [0.29, 0.717) is 13.2 Å². The number of para-hydroxylation sites is 4. The summed E-state index contributed by atoms with van der Waals surface area (Å²) in [4.78, 5) is 2.94. The summed E-state index contributed by atoms with van der Waals surface area (Å²) in [5.74, 6) is 1.48. The van der Waals surface area contributed by atoms with Crippen LogP contribution in [0.15, 0.2) is 120 Å². The Morgan fingerprint density at radius 2 is 0.913 bits per heavy atom. The molecule has 7 heteroatoms. The summed E-state index contributed by atoms with van der Waals surface area (Å²) >= 11 is 0. The third kappa shape index (κ3) is 6.10. The molecule has 0 saturated carbocycles. The predicted octanol–water partition coefficient (Wildman–Crippen LogP) is 10.4. The Kier molecular flexibility index (Phi) is 8.75. The molecule has 0 unspecified atom stereocenters.